The maximum Gasteiger partial charge on any atom is 0.147 e. The molecular weight excluding hydrogens is 456 g/mol. The number of aryl methyl sites for hydroxylation is 1. The van der Waals surface area contributed by atoms with Crippen molar-refractivity contribution in [2.75, 3.05) is 7.11 Å². The molecule has 0 radical (unpaired) electrons. The molecule has 1 heterocycles. The van der Waals surface area contributed by atoms with Gasteiger partial charge in [0.05, 0.1) is 18.1 Å². The summed E-state index contributed by atoms with van der Waals surface area (Å²) in [5, 5.41) is 0. The fraction of sp³-hybridized carbons (Fsp3) is 0.606. The maximum absolute atomic E-state index is 6.06. The highest BCUT2D eigenvalue weighted by Crippen LogP contribution is 2.22. The van der Waals surface area contributed by atoms with E-state index in [2.05, 4.69) is 35.8 Å². The lowest BCUT2D eigenvalue weighted by Gasteiger charge is -2.11. The average molecular weight is 507 g/mol. The van der Waals surface area contributed by atoms with Crippen molar-refractivity contribution in [3.8, 4) is 11.5 Å². The fourth-order valence-corrected chi connectivity index (χ4v) is 5.12. The molecule has 0 atom stereocenters. The molecule has 4 heteroatoms. The lowest BCUT2D eigenvalue weighted by Crippen LogP contribution is -2.07. The van der Waals surface area contributed by atoms with Crippen LogP contribution in [0.15, 0.2) is 48.5 Å². The Labute approximate surface area is 225 Å². The number of hydrogen-bond donors (Lipinski definition) is 0. The topological polar surface area (TPSA) is 36.3 Å². The zero-order chi connectivity index (χ0) is 26.0. The van der Waals surface area contributed by atoms with Gasteiger partial charge in [0, 0.05) is 6.54 Å². The highest BCUT2D eigenvalue weighted by molar-refractivity contribution is 5.75. The molecule has 0 bridgehead atoms. The van der Waals surface area contributed by atoms with E-state index in [0.717, 1.165) is 29.4 Å². The first kappa shape index (κ1) is 29.1. The molecular formula is C33H50N2O2. The molecule has 0 N–H and O–H groups in total. The number of methoxy groups -OCH3 is 1. The summed E-state index contributed by atoms with van der Waals surface area (Å²) in [5.74, 6) is 2.67. The van der Waals surface area contributed by atoms with Gasteiger partial charge in [-0.05, 0) is 42.8 Å². The van der Waals surface area contributed by atoms with Gasteiger partial charge < -0.3 is 14.0 Å². The van der Waals surface area contributed by atoms with Gasteiger partial charge in [-0.3, -0.25) is 0 Å². The van der Waals surface area contributed by atoms with Gasteiger partial charge in [-0.15, -0.1) is 0 Å². The third-order valence-corrected chi connectivity index (χ3v) is 7.40. The second-order valence-corrected chi connectivity index (χ2v) is 10.4. The largest absolute Gasteiger partial charge is 0.497 e. The van der Waals surface area contributed by atoms with Crippen LogP contribution in [0.25, 0.3) is 11.0 Å². The Hall–Kier alpha value is -2.49. The lowest BCUT2D eigenvalue weighted by atomic mass is 10.0. The molecule has 2 aromatic carbocycles. The van der Waals surface area contributed by atoms with E-state index in [-0.39, 0.29) is 0 Å². The number of unbranched alkanes of at least 4 members (excludes halogenated alkanes) is 15. The highest BCUT2D eigenvalue weighted by atomic mass is 16.5. The van der Waals surface area contributed by atoms with E-state index >= 15 is 0 Å². The van der Waals surface area contributed by atoms with Crippen LogP contribution in [-0.4, -0.2) is 16.7 Å². The van der Waals surface area contributed by atoms with Gasteiger partial charge in [0.25, 0.3) is 0 Å². The average Bonchev–Trinajstić information content (AvgIpc) is 3.29. The summed E-state index contributed by atoms with van der Waals surface area (Å²) in [7, 11) is 1.68. The zero-order valence-electron chi connectivity index (χ0n) is 23.6. The van der Waals surface area contributed by atoms with Gasteiger partial charge in [-0.2, -0.15) is 0 Å². The number of fused-ring (bicyclic) bond motifs is 1. The van der Waals surface area contributed by atoms with Crippen LogP contribution >= 0.6 is 0 Å². The van der Waals surface area contributed by atoms with Gasteiger partial charge in [-0.25, -0.2) is 4.98 Å². The van der Waals surface area contributed by atoms with Crippen LogP contribution in [-0.2, 0) is 13.2 Å². The molecule has 0 aliphatic heterocycles. The Morgan fingerprint density at radius 1 is 0.622 bits per heavy atom. The molecule has 0 spiro atoms. The molecule has 4 nitrogen and oxygen atoms in total. The maximum atomic E-state index is 6.06. The minimum absolute atomic E-state index is 0.472. The SMILES string of the molecule is CCCCCCCCCCCCCCCCCCn1c(COc2ccc(OC)cc2)nc2ccccc21. The monoisotopic (exact) mass is 506 g/mol. The van der Waals surface area contributed by atoms with Crippen molar-refractivity contribution in [1.82, 2.24) is 9.55 Å². The van der Waals surface area contributed by atoms with Crippen LogP contribution in [0.4, 0.5) is 0 Å². The summed E-state index contributed by atoms with van der Waals surface area (Å²) in [5.41, 5.74) is 2.25. The zero-order valence-corrected chi connectivity index (χ0v) is 23.6. The van der Waals surface area contributed by atoms with Crippen molar-refractivity contribution in [3.05, 3.63) is 54.4 Å². The minimum Gasteiger partial charge on any atom is -0.497 e. The van der Waals surface area contributed by atoms with E-state index in [1.807, 2.05) is 24.3 Å². The van der Waals surface area contributed by atoms with E-state index in [1.54, 1.807) is 7.11 Å². The van der Waals surface area contributed by atoms with Crippen LogP contribution < -0.4 is 9.47 Å². The molecule has 0 unspecified atom stereocenters. The Balaban J connectivity index is 1.28. The standard InChI is InChI=1S/C33H50N2O2/c1-3-4-5-6-7-8-9-10-11-12-13-14-15-16-17-20-27-35-32-22-19-18-21-31(32)34-33(35)28-37-30-25-23-29(36-2)24-26-30/h18-19,21-26H,3-17,20,27-28H2,1-2H3. The van der Waals surface area contributed by atoms with Crippen LogP contribution in [0.5, 0.6) is 11.5 Å². The van der Waals surface area contributed by atoms with Gasteiger partial charge in [0.2, 0.25) is 0 Å². The molecule has 3 rings (SSSR count). The van der Waals surface area contributed by atoms with Crippen molar-refractivity contribution >= 4 is 11.0 Å². The van der Waals surface area contributed by atoms with Gasteiger partial charge in [0.1, 0.15) is 23.9 Å². The van der Waals surface area contributed by atoms with Crippen molar-refractivity contribution in [3.63, 3.8) is 0 Å². The first-order valence-electron chi connectivity index (χ1n) is 15.0. The molecule has 0 saturated heterocycles. The summed E-state index contributed by atoms with van der Waals surface area (Å²) in [6.07, 6.45) is 22.3. The number of imidazole rings is 1. The van der Waals surface area contributed by atoms with E-state index < -0.39 is 0 Å². The van der Waals surface area contributed by atoms with E-state index in [1.165, 1.54) is 108 Å². The second kappa shape index (κ2) is 17.9. The van der Waals surface area contributed by atoms with Gasteiger partial charge in [-0.1, -0.05) is 115 Å². The molecule has 0 fully saturated rings. The summed E-state index contributed by atoms with van der Waals surface area (Å²) in [4.78, 5) is 4.87. The summed E-state index contributed by atoms with van der Waals surface area (Å²) in [6.45, 7) is 3.77. The number of ether oxygens (including phenoxy) is 2. The number of aromatic nitrogens is 2. The highest BCUT2D eigenvalue weighted by Gasteiger charge is 2.11. The molecule has 1 aromatic heterocycles. The normalized spacial score (nSPS) is 11.3. The van der Waals surface area contributed by atoms with Crippen LogP contribution in [0.1, 0.15) is 115 Å². The number of rotatable bonds is 21. The van der Waals surface area contributed by atoms with Gasteiger partial charge in [0.15, 0.2) is 0 Å². The third kappa shape index (κ3) is 10.8. The number of para-hydroxylation sites is 2. The molecule has 0 aliphatic rings. The number of hydrogen-bond acceptors (Lipinski definition) is 3. The molecule has 37 heavy (non-hydrogen) atoms. The summed E-state index contributed by atoms with van der Waals surface area (Å²) in [6, 6.07) is 16.2. The van der Waals surface area contributed by atoms with E-state index in [9.17, 15) is 0 Å². The van der Waals surface area contributed by atoms with Crippen LogP contribution in [0.2, 0.25) is 0 Å². The summed E-state index contributed by atoms with van der Waals surface area (Å²) < 4.78 is 13.6. The molecule has 0 aliphatic carbocycles. The van der Waals surface area contributed by atoms with Gasteiger partial charge >= 0.3 is 0 Å². The molecule has 3 aromatic rings. The Morgan fingerprint density at radius 3 is 1.70 bits per heavy atom. The van der Waals surface area contributed by atoms with Crippen molar-refractivity contribution < 1.29 is 9.47 Å². The molecule has 204 valence electrons. The Kier molecular flexibility index (Phi) is 14.0. The van der Waals surface area contributed by atoms with Crippen molar-refractivity contribution in [2.24, 2.45) is 0 Å². The first-order chi connectivity index (χ1) is 18.3. The predicted octanol–water partition coefficient (Wildman–Crippen LogP) is 9.89. The summed E-state index contributed by atoms with van der Waals surface area (Å²) >= 11 is 0. The van der Waals surface area contributed by atoms with Crippen LogP contribution in [0, 0.1) is 0 Å². The van der Waals surface area contributed by atoms with Crippen molar-refractivity contribution in [1.29, 1.82) is 0 Å². The first-order valence-corrected chi connectivity index (χ1v) is 15.0. The van der Waals surface area contributed by atoms with E-state index in [0.29, 0.717) is 6.61 Å². The second-order valence-electron chi connectivity index (χ2n) is 10.4. The predicted molar refractivity (Wildman–Crippen MR) is 157 cm³/mol. The molecule has 0 saturated carbocycles. The van der Waals surface area contributed by atoms with E-state index in [4.69, 9.17) is 14.5 Å². The van der Waals surface area contributed by atoms with Crippen LogP contribution in [0.3, 0.4) is 0 Å². The van der Waals surface area contributed by atoms with Crippen molar-refractivity contribution in [2.45, 2.75) is 123 Å². The minimum atomic E-state index is 0.472. The Bertz CT molecular complexity index is 980. The quantitative estimate of drug-likeness (QED) is 0.135. The fourth-order valence-electron chi connectivity index (χ4n) is 5.12. The smallest absolute Gasteiger partial charge is 0.147 e. The third-order valence-electron chi connectivity index (χ3n) is 7.40. The number of benzene rings is 2. The lowest BCUT2D eigenvalue weighted by molar-refractivity contribution is 0.289. The number of nitrogens with zero attached hydrogens (tertiary/aromatic N) is 2. The molecule has 0 amide bonds. The Morgan fingerprint density at radius 2 is 1.14 bits per heavy atom.